The van der Waals surface area contributed by atoms with Crippen molar-refractivity contribution in [3.63, 3.8) is 0 Å². The number of benzene rings is 2. The molecule has 0 heterocycles. The Morgan fingerprint density at radius 1 is 0.938 bits per heavy atom. The highest BCUT2D eigenvalue weighted by molar-refractivity contribution is 6.68. The van der Waals surface area contributed by atoms with Gasteiger partial charge in [-0.25, -0.2) is 0 Å². The average Bonchev–Trinajstić information content (AvgIpc) is 2.26. The predicted octanol–water partition coefficient (Wildman–Crippen LogP) is 4.21. The number of nitrogens with two attached hydrogens (primary N) is 1. The number of fused-ring (bicyclic) bond motifs is 1. The molecule has 0 aliphatic carbocycles. The van der Waals surface area contributed by atoms with Crippen LogP contribution in [0.1, 0.15) is 11.6 Å². The molecule has 0 radical (unpaired) electrons. The summed E-state index contributed by atoms with van der Waals surface area (Å²) in [6, 6.07) is 13.0. The van der Waals surface area contributed by atoms with Crippen LogP contribution in [0.25, 0.3) is 10.8 Å². The summed E-state index contributed by atoms with van der Waals surface area (Å²) in [5.41, 5.74) is 6.79. The highest BCUT2D eigenvalue weighted by atomic mass is 35.6. The molecule has 0 aliphatic rings. The third kappa shape index (κ3) is 2.28. The fourth-order valence-corrected chi connectivity index (χ4v) is 2.05. The summed E-state index contributed by atoms with van der Waals surface area (Å²) in [4.78, 5) is 0. The van der Waals surface area contributed by atoms with Crippen molar-refractivity contribution in [2.24, 2.45) is 5.73 Å². The maximum absolute atomic E-state index is 5.94. The molecule has 0 saturated heterocycles. The number of alkyl halides is 3. The lowest BCUT2D eigenvalue weighted by atomic mass is 10.00. The first-order valence-corrected chi connectivity index (χ1v) is 5.93. The Kier molecular flexibility index (Phi) is 3.32. The van der Waals surface area contributed by atoms with Crippen molar-refractivity contribution < 1.29 is 0 Å². The quantitative estimate of drug-likeness (QED) is 0.775. The molecule has 0 aliphatic heterocycles. The van der Waals surface area contributed by atoms with Crippen LogP contribution in [-0.4, -0.2) is 3.79 Å². The first-order chi connectivity index (χ1) is 7.50. The molecule has 84 valence electrons. The van der Waals surface area contributed by atoms with Gasteiger partial charge in [-0.3, -0.25) is 0 Å². The number of hydrogen-bond donors (Lipinski definition) is 1. The molecule has 2 aromatic carbocycles. The average molecular weight is 275 g/mol. The first-order valence-electron chi connectivity index (χ1n) is 4.80. The molecule has 0 amide bonds. The lowest BCUT2D eigenvalue weighted by Crippen LogP contribution is -2.25. The van der Waals surface area contributed by atoms with E-state index in [0.717, 1.165) is 16.3 Å². The Bertz CT molecular complexity index is 500. The normalized spacial score (nSPS) is 14.0. The van der Waals surface area contributed by atoms with Crippen LogP contribution in [0.5, 0.6) is 0 Å². The number of rotatable bonds is 1. The van der Waals surface area contributed by atoms with Crippen molar-refractivity contribution >= 4 is 45.6 Å². The van der Waals surface area contributed by atoms with E-state index in [-0.39, 0.29) is 0 Å². The van der Waals surface area contributed by atoms with Crippen LogP contribution in [0, 0.1) is 0 Å². The standard InChI is InChI=1S/C12H10Cl3N/c13-12(14,15)11(16)10-7-3-5-8-4-1-2-6-9(8)10/h1-7,11H,16H2. The van der Waals surface area contributed by atoms with Gasteiger partial charge in [-0.15, -0.1) is 0 Å². The minimum atomic E-state index is -1.50. The maximum Gasteiger partial charge on any atom is 0.209 e. The van der Waals surface area contributed by atoms with Gasteiger partial charge < -0.3 is 5.73 Å². The molecule has 0 aromatic heterocycles. The Balaban J connectivity index is 2.61. The zero-order valence-electron chi connectivity index (χ0n) is 8.33. The minimum Gasteiger partial charge on any atom is -0.320 e. The Hall–Kier alpha value is -0.470. The Labute approximate surface area is 109 Å². The molecule has 16 heavy (non-hydrogen) atoms. The van der Waals surface area contributed by atoms with Crippen LogP contribution >= 0.6 is 34.8 Å². The second-order valence-electron chi connectivity index (χ2n) is 3.59. The molecule has 0 bridgehead atoms. The van der Waals surface area contributed by atoms with E-state index < -0.39 is 9.83 Å². The van der Waals surface area contributed by atoms with Crippen LogP contribution in [0.4, 0.5) is 0 Å². The van der Waals surface area contributed by atoms with Crippen molar-refractivity contribution in [1.29, 1.82) is 0 Å². The summed E-state index contributed by atoms with van der Waals surface area (Å²) < 4.78 is -1.50. The van der Waals surface area contributed by atoms with Crippen molar-refractivity contribution in [1.82, 2.24) is 0 Å². The molecule has 0 saturated carbocycles. The summed E-state index contributed by atoms with van der Waals surface area (Å²) >= 11 is 17.5. The fourth-order valence-electron chi connectivity index (χ4n) is 1.70. The van der Waals surface area contributed by atoms with E-state index in [4.69, 9.17) is 40.5 Å². The summed E-state index contributed by atoms with van der Waals surface area (Å²) in [5, 5.41) is 2.11. The van der Waals surface area contributed by atoms with Crippen LogP contribution in [0.3, 0.4) is 0 Å². The Morgan fingerprint density at radius 2 is 1.56 bits per heavy atom. The SMILES string of the molecule is NC(c1cccc2ccccc12)C(Cl)(Cl)Cl. The molecule has 0 spiro atoms. The van der Waals surface area contributed by atoms with Gasteiger partial charge in [-0.2, -0.15) is 0 Å². The van der Waals surface area contributed by atoms with E-state index in [9.17, 15) is 0 Å². The monoisotopic (exact) mass is 273 g/mol. The van der Waals surface area contributed by atoms with Gasteiger partial charge >= 0.3 is 0 Å². The highest BCUT2D eigenvalue weighted by Crippen LogP contribution is 2.40. The van der Waals surface area contributed by atoms with E-state index in [0.29, 0.717) is 0 Å². The number of halogens is 3. The van der Waals surface area contributed by atoms with Gasteiger partial charge in [0.2, 0.25) is 3.79 Å². The first kappa shape index (κ1) is 12.0. The van der Waals surface area contributed by atoms with E-state index in [1.165, 1.54) is 0 Å². The molecule has 2 N–H and O–H groups in total. The van der Waals surface area contributed by atoms with Gasteiger partial charge in [-0.05, 0) is 16.3 Å². The molecular weight excluding hydrogens is 264 g/mol. The Morgan fingerprint density at radius 3 is 2.25 bits per heavy atom. The van der Waals surface area contributed by atoms with Crippen molar-refractivity contribution in [3.05, 3.63) is 48.0 Å². The predicted molar refractivity (Wildman–Crippen MR) is 71.2 cm³/mol. The molecule has 2 rings (SSSR count). The second kappa shape index (κ2) is 4.42. The second-order valence-corrected chi connectivity index (χ2v) is 5.96. The topological polar surface area (TPSA) is 26.0 Å². The van der Waals surface area contributed by atoms with Gasteiger partial charge in [0.05, 0.1) is 6.04 Å². The van der Waals surface area contributed by atoms with Gasteiger partial charge in [0.25, 0.3) is 0 Å². The summed E-state index contributed by atoms with van der Waals surface area (Å²) in [6.45, 7) is 0. The summed E-state index contributed by atoms with van der Waals surface area (Å²) in [6.07, 6.45) is 0. The molecule has 0 fully saturated rings. The molecule has 1 unspecified atom stereocenters. The lowest BCUT2D eigenvalue weighted by Gasteiger charge is -2.21. The van der Waals surface area contributed by atoms with Gasteiger partial charge in [0.1, 0.15) is 0 Å². The third-order valence-electron chi connectivity index (χ3n) is 2.51. The number of hydrogen-bond acceptors (Lipinski definition) is 1. The molecule has 4 heteroatoms. The fraction of sp³-hybridized carbons (Fsp3) is 0.167. The van der Waals surface area contributed by atoms with Crippen molar-refractivity contribution in [2.45, 2.75) is 9.83 Å². The van der Waals surface area contributed by atoms with E-state index in [1.807, 2.05) is 42.5 Å². The maximum atomic E-state index is 5.94. The van der Waals surface area contributed by atoms with Gasteiger partial charge in [0, 0.05) is 0 Å². The zero-order chi connectivity index (χ0) is 11.8. The smallest absolute Gasteiger partial charge is 0.209 e. The summed E-state index contributed by atoms with van der Waals surface area (Å²) in [5.74, 6) is 0. The van der Waals surface area contributed by atoms with Gasteiger partial charge in [0.15, 0.2) is 0 Å². The van der Waals surface area contributed by atoms with E-state index in [2.05, 4.69) is 0 Å². The van der Waals surface area contributed by atoms with E-state index in [1.54, 1.807) is 0 Å². The van der Waals surface area contributed by atoms with Gasteiger partial charge in [-0.1, -0.05) is 77.3 Å². The zero-order valence-corrected chi connectivity index (χ0v) is 10.6. The lowest BCUT2D eigenvalue weighted by molar-refractivity contribution is 0.755. The van der Waals surface area contributed by atoms with Crippen LogP contribution in [-0.2, 0) is 0 Å². The molecule has 1 atom stereocenters. The minimum absolute atomic E-state index is 0.636. The van der Waals surface area contributed by atoms with Crippen LogP contribution in [0.2, 0.25) is 0 Å². The molecule has 2 aromatic rings. The van der Waals surface area contributed by atoms with Crippen LogP contribution < -0.4 is 5.73 Å². The molecule has 1 nitrogen and oxygen atoms in total. The highest BCUT2D eigenvalue weighted by Gasteiger charge is 2.31. The van der Waals surface area contributed by atoms with Crippen molar-refractivity contribution in [2.75, 3.05) is 0 Å². The van der Waals surface area contributed by atoms with Crippen molar-refractivity contribution in [3.8, 4) is 0 Å². The van der Waals surface area contributed by atoms with Crippen LogP contribution in [0.15, 0.2) is 42.5 Å². The third-order valence-corrected chi connectivity index (χ3v) is 3.22. The largest absolute Gasteiger partial charge is 0.320 e. The summed E-state index contributed by atoms with van der Waals surface area (Å²) in [7, 11) is 0. The van der Waals surface area contributed by atoms with E-state index >= 15 is 0 Å². The molecular formula is C12H10Cl3N.